The molecule has 0 amide bonds. The number of allylic oxidation sites excluding steroid dienone is 8. The summed E-state index contributed by atoms with van der Waals surface area (Å²) in [5.41, 5.74) is -1.43. The van der Waals surface area contributed by atoms with Gasteiger partial charge in [-0.1, -0.05) is 333 Å². The third-order valence-corrected chi connectivity index (χ3v) is 29.4. The number of unbranched alkanes of at least 4 members (excludes halogenated alkanes) is 54. The molecule has 14 nitrogen and oxygen atoms in total. The molecular weight excluding hydrogens is 1600 g/mol. The first kappa shape index (κ1) is 122. The Kier molecular flexibility index (Phi) is 85.4. The van der Waals surface area contributed by atoms with Gasteiger partial charge in [0.25, 0.3) is 0 Å². The number of ether oxygens (including phenoxy) is 4. The Morgan fingerprint density at radius 1 is 0.310 bits per heavy atom. The molecule has 2 heterocycles. The minimum atomic E-state index is -2.51. The Morgan fingerprint density at radius 3 is 0.770 bits per heavy atom. The summed E-state index contributed by atoms with van der Waals surface area (Å²) in [6.07, 6.45) is 104. The first-order valence-electron chi connectivity index (χ1n) is 54.8. The lowest BCUT2D eigenvalue weighted by atomic mass is 9.89. The Morgan fingerprint density at radius 2 is 0.524 bits per heavy atom. The van der Waals surface area contributed by atoms with Gasteiger partial charge in [0, 0.05) is 51.4 Å². The molecule has 0 aromatic heterocycles. The molecule has 126 heavy (non-hydrogen) atoms. The molecule has 0 saturated carbocycles. The zero-order chi connectivity index (χ0) is 91.9. The van der Waals surface area contributed by atoms with E-state index in [1.165, 1.54) is 347 Å². The van der Waals surface area contributed by atoms with E-state index in [1.807, 2.05) is 27.7 Å². The number of rotatable bonds is 94. The van der Waals surface area contributed by atoms with E-state index in [4.69, 9.17) is 36.7 Å². The number of hydrogen-bond acceptors (Lipinski definition) is 14. The van der Waals surface area contributed by atoms with Crippen LogP contribution in [0.4, 0.5) is 0 Å². The number of aliphatic hydroxyl groups is 2. The van der Waals surface area contributed by atoms with Gasteiger partial charge in [-0.25, -0.2) is 0 Å². The van der Waals surface area contributed by atoms with Gasteiger partial charge in [-0.15, -0.1) is 0 Å². The average Bonchev–Trinajstić information content (AvgIpc) is 1.30. The fraction of sp³-hybridized carbons (Fsp3) is 0.909. The fourth-order valence-electron chi connectivity index (χ4n) is 17.5. The minimum Gasteiger partial charge on any atom is -0.465 e. The zero-order valence-corrected chi connectivity index (χ0v) is 87.8. The third-order valence-electron chi connectivity index (χ3n) is 26.0. The van der Waals surface area contributed by atoms with Gasteiger partial charge < -0.3 is 46.9 Å². The molecule has 2 N–H and O–H groups in total. The number of esters is 2. The highest BCUT2D eigenvalue weighted by Crippen LogP contribution is 2.32. The predicted molar refractivity (Wildman–Crippen MR) is 545 cm³/mol. The maximum Gasteiger partial charge on any atom is 0.333 e. The van der Waals surface area contributed by atoms with Gasteiger partial charge >= 0.3 is 29.1 Å². The molecule has 16 heteroatoms. The topological polar surface area (TPSA) is 155 Å². The summed E-state index contributed by atoms with van der Waals surface area (Å²) in [6.45, 7) is 34.0. The lowest BCUT2D eigenvalue weighted by molar-refractivity contribution is -0.165. The number of carbonyl (C=O) groups excluding carboxylic acids is 2. The summed E-state index contributed by atoms with van der Waals surface area (Å²) < 4.78 is 50.7. The van der Waals surface area contributed by atoms with Crippen molar-refractivity contribution < 1.29 is 56.5 Å². The van der Waals surface area contributed by atoms with Crippen LogP contribution in [0.1, 0.15) is 505 Å². The van der Waals surface area contributed by atoms with Crippen LogP contribution in [0.2, 0.25) is 26.2 Å². The van der Waals surface area contributed by atoms with Crippen LogP contribution in [0, 0.1) is 10.8 Å². The molecule has 0 aromatic carbocycles. The zero-order valence-electron chi connectivity index (χ0n) is 85.8. The van der Waals surface area contributed by atoms with Gasteiger partial charge in [0.2, 0.25) is 0 Å². The quantitative estimate of drug-likeness (QED) is 0.0195. The molecular formula is C110H214N2O12Si2. The van der Waals surface area contributed by atoms with Gasteiger partial charge in [0.15, 0.2) is 12.6 Å². The van der Waals surface area contributed by atoms with Crippen LogP contribution < -0.4 is 0 Å². The van der Waals surface area contributed by atoms with Gasteiger partial charge in [0.1, 0.15) is 0 Å². The fourth-order valence-corrected chi connectivity index (χ4v) is 20.5. The van der Waals surface area contributed by atoms with Crippen LogP contribution in [0.25, 0.3) is 0 Å². The van der Waals surface area contributed by atoms with Crippen LogP contribution in [-0.4, -0.2) is 153 Å². The van der Waals surface area contributed by atoms with Crippen molar-refractivity contribution in [3.8, 4) is 0 Å². The summed E-state index contributed by atoms with van der Waals surface area (Å²) in [5.74, 6) is -0.325. The van der Waals surface area contributed by atoms with Gasteiger partial charge in [-0.2, -0.15) is 0 Å². The second kappa shape index (κ2) is 88.2. The van der Waals surface area contributed by atoms with Crippen molar-refractivity contribution in [1.29, 1.82) is 0 Å². The van der Waals surface area contributed by atoms with E-state index < -0.39 is 40.5 Å². The standard InChI is InChI=1S/2C55H107NO6Si/c2*1-7-9-11-13-15-17-19-21-23-25-27-29-31-33-36-40-47-59-53(62-63(5,6)61-49-42-38-35-39-45-56-46-43-44-52(56)51-57)50-55(3,4)54(58)60-48-41-37-34-32-30-28-26-24-22-20-18-16-14-12-10-8-2/h2*21-24,52-53,57H,7-20,25-51H2,1-6H3/b2*23-21-,24-22-. The van der Waals surface area contributed by atoms with Crippen LogP contribution in [0.5, 0.6) is 0 Å². The highest BCUT2D eigenvalue weighted by molar-refractivity contribution is 6.64. The van der Waals surface area contributed by atoms with Crippen molar-refractivity contribution in [3.63, 3.8) is 0 Å². The highest BCUT2D eigenvalue weighted by Gasteiger charge is 2.39. The second-order valence-corrected chi connectivity index (χ2v) is 47.0. The predicted octanol–water partition coefficient (Wildman–Crippen LogP) is 32.2. The van der Waals surface area contributed by atoms with Crippen LogP contribution in [0.3, 0.4) is 0 Å². The van der Waals surface area contributed by atoms with E-state index in [0.29, 0.717) is 64.6 Å². The highest BCUT2D eigenvalue weighted by atomic mass is 28.4. The normalized spacial score (nSPS) is 15.7. The molecule has 0 aromatic rings. The molecule has 0 radical (unpaired) electrons. The minimum absolute atomic E-state index is 0.163. The third kappa shape index (κ3) is 77.3. The summed E-state index contributed by atoms with van der Waals surface area (Å²) in [4.78, 5) is 31.7. The van der Waals surface area contributed by atoms with Crippen molar-refractivity contribution in [1.82, 2.24) is 9.80 Å². The molecule has 4 unspecified atom stereocenters. The smallest absolute Gasteiger partial charge is 0.333 e. The molecule has 0 spiro atoms. The van der Waals surface area contributed by atoms with E-state index in [2.05, 4.69) is 112 Å². The summed E-state index contributed by atoms with van der Waals surface area (Å²) in [6, 6.07) is 0.728. The first-order valence-corrected chi connectivity index (χ1v) is 60.4. The molecule has 2 rings (SSSR count). The van der Waals surface area contributed by atoms with Crippen LogP contribution >= 0.6 is 0 Å². The molecule has 2 aliphatic heterocycles. The van der Waals surface area contributed by atoms with Crippen molar-refractivity contribution in [2.24, 2.45) is 10.8 Å². The Balaban J connectivity index is 0.00000126. The van der Waals surface area contributed by atoms with Crippen LogP contribution in [-0.2, 0) is 46.2 Å². The molecule has 0 bridgehead atoms. The Labute approximate surface area is 784 Å². The molecule has 2 fully saturated rings. The number of likely N-dealkylation sites (tertiary alicyclic amines) is 2. The molecule has 2 aliphatic rings. The molecule has 0 aliphatic carbocycles. The molecule has 744 valence electrons. The van der Waals surface area contributed by atoms with E-state index in [9.17, 15) is 19.8 Å². The Bertz CT molecular complexity index is 2300. The van der Waals surface area contributed by atoms with Gasteiger partial charge in [0.05, 0.1) is 37.3 Å². The van der Waals surface area contributed by atoms with E-state index in [-0.39, 0.29) is 25.2 Å². The van der Waals surface area contributed by atoms with Crippen molar-refractivity contribution in [3.05, 3.63) is 48.6 Å². The van der Waals surface area contributed by atoms with E-state index in [1.54, 1.807) is 0 Å². The second-order valence-electron chi connectivity index (χ2n) is 40.4. The molecule has 4 atom stereocenters. The SMILES string of the molecule is CCCCCCCC/C=C\CCCCCCCCOC(=O)C(C)(C)CC(OCCCCCCCC/C=C\CCCCCCCC)O[Si](C)(C)OCCCCCCN1CCCC1CO.CCCCCCCC/C=C\CCCCCCCCOC(=O)C(C)(C)CC(OCCCCCCCC/C=C\CCCCCCCC)O[Si](C)(C)OCCCCCCN1CCCC1CO. The van der Waals surface area contributed by atoms with E-state index >= 15 is 0 Å². The maximum absolute atomic E-state index is 13.4. The van der Waals surface area contributed by atoms with Gasteiger partial charge in [-0.05, 0) is 260 Å². The number of nitrogens with zero attached hydrogens (tertiary/aromatic N) is 2. The van der Waals surface area contributed by atoms with Crippen molar-refractivity contribution >= 4 is 29.1 Å². The average molecular weight is 1810 g/mol. The lowest BCUT2D eigenvalue weighted by Crippen LogP contribution is -2.43. The van der Waals surface area contributed by atoms with Gasteiger partial charge in [-0.3, -0.25) is 19.4 Å². The monoisotopic (exact) mass is 1810 g/mol. The van der Waals surface area contributed by atoms with Crippen LogP contribution in [0.15, 0.2) is 48.6 Å². The number of aliphatic hydroxyl groups excluding tert-OH is 2. The lowest BCUT2D eigenvalue weighted by Gasteiger charge is -2.33. The van der Waals surface area contributed by atoms with Crippen molar-refractivity contribution in [2.45, 2.75) is 556 Å². The van der Waals surface area contributed by atoms with Crippen molar-refractivity contribution in [2.75, 3.05) is 79.0 Å². The summed E-state index contributed by atoms with van der Waals surface area (Å²) in [7, 11) is -5.01. The maximum atomic E-state index is 13.4. The summed E-state index contributed by atoms with van der Waals surface area (Å²) in [5, 5.41) is 19.2. The number of hydrogen-bond donors (Lipinski definition) is 2. The largest absolute Gasteiger partial charge is 0.465 e. The summed E-state index contributed by atoms with van der Waals surface area (Å²) >= 11 is 0. The Hall–Kier alpha value is -2.07. The molecule has 2 saturated heterocycles. The first-order chi connectivity index (χ1) is 61.3. The number of carbonyl (C=O) groups is 2. The van der Waals surface area contributed by atoms with E-state index in [0.717, 1.165) is 116 Å².